The number of aryl methyl sites for hydroxylation is 1. The first kappa shape index (κ1) is 16.1. The van der Waals surface area contributed by atoms with Crippen LogP contribution in [0.3, 0.4) is 0 Å². The molecule has 1 aromatic carbocycles. The molecule has 0 spiro atoms. The van der Waals surface area contributed by atoms with Crippen molar-refractivity contribution >= 4 is 10.0 Å². The lowest BCUT2D eigenvalue weighted by molar-refractivity contribution is 0.252. The van der Waals surface area contributed by atoms with Gasteiger partial charge in [-0.05, 0) is 37.1 Å². The molecule has 108 valence electrons. The summed E-state index contributed by atoms with van der Waals surface area (Å²) in [6.45, 7) is 3.70. The molecule has 19 heavy (non-hydrogen) atoms. The molecular weight excluding hydrogens is 269 g/mol. The van der Waals surface area contributed by atoms with Crippen molar-refractivity contribution in [2.75, 3.05) is 19.7 Å². The Morgan fingerprint density at radius 2 is 1.95 bits per heavy atom. The number of halogens is 1. The first-order valence-corrected chi connectivity index (χ1v) is 7.74. The van der Waals surface area contributed by atoms with E-state index in [1.807, 2.05) is 6.92 Å². The van der Waals surface area contributed by atoms with Crippen LogP contribution in [0.5, 0.6) is 0 Å². The zero-order chi connectivity index (χ0) is 14.5. The Balaban J connectivity index is 3.10. The molecule has 0 saturated carbocycles. The van der Waals surface area contributed by atoms with E-state index >= 15 is 0 Å². The second kappa shape index (κ2) is 6.98. The molecule has 0 heterocycles. The summed E-state index contributed by atoms with van der Waals surface area (Å²) >= 11 is 0. The highest BCUT2D eigenvalue weighted by molar-refractivity contribution is 7.89. The standard InChI is InChI=1S/C13H20FNO3S/c1-3-4-5-15(6-7-16)19(17,18)13-9-11(2)8-12(14)10-13/h8-10,16H,3-7H2,1-2H3. The highest BCUT2D eigenvalue weighted by Gasteiger charge is 2.24. The minimum absolute atomic E-state index is 0.0257. The van der Waals surface area contributed by atoms with E-state index in [1.54, 1.807) is 6.92 Å². The maximum Gasteiger partial charge on any atom is 0.243 e. The number of sulfonamides is 1. The number of rotatable bonds is 7. The average molecular weight is 289 g/mol. The molecule has 0 fully saturated rings. The maximum absolute atomic E-state index is 13.3. The third-order valence-corrected chi connectivity index (χ3v) is 4.64. The van der Waals surface area contributed by atoms with Gasteiger partial charge in [-0.3, -0.25) is 0 Å². The molecule has 1 N–H and O–H groups in total. The zero-order valence-electron chi connectivity index (χ0n) is 11.3. The highest BCUT2D eigenvalue weighted by Crippen LogP contribution is 2.19. The van der Waals surface area contributed by atoms with Gasteiger partial charge in [-0.1, -0.05) is 13.3 Å². The number of nitrogens with zero attached hydrogens (tertiary/aromatic N) is 1. The Morgan fingerprint density at radius 3 is 2.47 bits per heavy atom. The molecule has 0 aliphatic heterocycles. The van der Waals surface area contributed by atoms with E-state index in [1.165, 1.54) is 16.4 Å². The van der Waals surface area contributed by atoms with Gasteiger partial charge in [0, 0.05) is 13.1 Å². The van der Waals surface area contributed by atoms with Crippen LogP contribution >= 0.6 is 0 Å². The molecule has 0 saturated heterocycles. The van der Waals surface area contributed by atoms with Crippen LogP contribution in [0.25, 0.3) is 0 Å². The summed E-state index contributed by atoms with van der Waals surface area (Å²) in [5.74, 6) is -0.571. The van der Waals surface area contributed by atoms with Crippen molar-refractivity contribution in [1.29, 1.82) is 0 Å². The van der Waals surface area contributed by atoms with Gasteiger partial charge in [0.1, 0.15) is 5.82 Å². The van der Waals surface area contributed by atoms with Crippen LogP contribution in [0, 0.1) is 12.7 Å². The number of hydrogen-bond donors (Lipinski definition) is 1. The summed E-state index contributed by atoms with van der Waals surface area (Å²) in [5, 5.41) is 8.98. The Bertz CT molecular complexity index is 496. The van der Waals surface area contributed by atoms with Crippen molar-refractivity contribution in [3.63, 3.8) is 0 Å². The van der Waals surface area contributed by atoms with Gasteiger partial charge in [0.15, 0.2) is 0 Å². The van der Waals surface area contributed by atoms with Crippen LogP contribution in [-0.2, 0) is 10.0 Å². The molecular formula is C13H20FNO3S. The Morgan fingerprint density at radius 1 is 1.26 bits per heavy atom. The van der Waals surface area contributed by atoms with Crippen molar-refractivity contribution in [2.45, 2.75) is 31.6 Å². The molecule has 1 rings (SSSR count). The van der Waals surface area contributed by atoms with E-state index in [4.69, 9.17) is 5.11 Å². The van der Waals surface area contributed by atoms with Gasteiger partial charge in [-0.15, -0.1) is 0 Å². The molecule has 0 aliphatic rings. The molecule has 0 bridgehead atoms. The van der Waals surface area contributed by atoms with Crippen molar-refractivity contribution in [3.05, 3.63) is 29.6 Å². The number of unbranched alkanes of at least 4 members (excludes halogenated alkanes) is 1. The zero-order valence-corrected chi connectivity index (χ0v) is 12.1. The molecule has 0 aromatic heterocycles. The predicted molar refractivity (Wildman–Crippen MR) is 71.9 cm³/mol. The third kappa shape index (κ3) is 4.26. The molecule has 4 nitrogen and oxygen atoms in total. The van der Waals surface area contributed by atoms with Crippen LogP contribution in [0.2, 0.25) is 0 Å². The van der Waals surface area contributed by atoms with Crippen LogP contribution < -0.4 is 0 Å². The fourth-order valence-corrected chi connectivity index (χ4v) is 3.38. The fraction of sp³-hybridized carbons (Fsp3) is 0.538. The number of aliphatic hydroxyl groups is 1. The van der Waals surface area contributed by atoms with Crippen LogP contribution in [0.4, 0.5) is 4.39 Å². The highest BCUT2D eigenvalue weighted by atomic mass is 32.2. The third-order valence-electron chi connectivity index (χ3n) is 2.76. The van der Waals surface area contributed by atoms with Gasteiger partial charge >= 0.3 is 0 Å². The van der Waals surface area contributed by atoms with Gasteiger partial charge in [-0.25, -0.2) is 12.8 Å². The van der Waals surface area contributed by atoms with E-state index in [2.05, 4.69) is 0 Å². The van der Waals surface area contributed by atoms with Gasteiger partial charge in [0.25, 0.3) is 0 Å². The van der Waals surface area contributed by atoms with Gasteiger partial charge < -0.3 is 5.11 Å². The van der Waals surface area contributed by atoms with Crippen molar-refractivity contribution < 1.29 is 17.9 Å². The number of aliphatic hydroxyl groups excluding tert-OH is 1. The quantitative estimate of drug-likeness (QED) is 0.834. The van der Waals surface area contributed by atoms with Crippen molar-refractivity contribution in [2.24, 2.45) is 0 Å². The first-order chi connectivity index (χ1) is 8.91. The van der Waals surface area contributed by atoms with Crippen molar-refractivity contribution in [3.8, 4) is 0 Å². The van der Waals surface area contributed by atoms with Crippen molar-refractivity contribution in [1.82, 2.24) is 4.31 Å². The normalized spacial score (nSPS) is 12.1. The molecule has 0 atom stereocenters. The minimum atomic E-state index is -3.75. The van der Waals surface area contributed by atoms with E-state index < -0.39 is 15.8 Å². The molecule has 0 amide bonds. The average Bonchev–Trinajstić information content (AvgIpc) is 2.33. The molecule has 0 aliphatic carbocycles. The fourth-order valence-electron chi connectivity index (χ4n) is 1.80. The lowest BCUT2D eigenvalue weighted by Gasteiger charge is -2.21. The van der Waals surface area contributed by atoms with E-state index in [0.717, 1.165) is 12.5 Å². The SMILES string of the molecule is CCCCN(CCO)S(=O)(=O)c1cc(C)cc(F)c1. The summed E-state index contributed by atoms with van der Waals surface area (Å²) in [6.07, 6.45) is 1.55. The molecule has 6 heteroatoms. The minimum Gasteiger partial charge on any atom is -0.395 e. The second-order valence-electron chi connectivity index (χ2n) is 4.45. The van der Waals surface area contributed by atoms with Crippen LogP contribution in [-0.4, -0.2) is 37.5 Å². The summed E-state index contributed by atoms with van der Waals surface area (Å²) in [7, 11) is -3.75. The number of hydrogen-bond acceptors (Lipinski definition) is 3. The summed E-state index contributed by atoms with van der Waals surface area (Å²) < 4.78 is 39.3. The predicted octanol–water partition coefficient (Wildman–Crippen LogP) is 1.92. The lowest BCUT2D eigenvalue weighted by Crippen LogP contribution is -2.34. The van der Waals surface area contributed by atoms with Crippen LogP contribution in [0.1, 0.15) is 25.3 Å². The summed E-state index contributed by atoms with van der Waals surface area (Å²) in [4.78, 5) is -0.0606. The van der Waals surface area contributed by atoms with E-state index in [0.29, 0.717) is 18.5 Å². The topological polar surface area (TPSA) is 57.6 Å². The van der Waals surface area contributed by atoms with E-state index in [-0.39, 0.29) is 18.0 Å². The Labute approximate surface area is 113 Å². The monoisotopic (exact) mass is 289 g/mol. The van der Waals surface area contributed by atoms with Gasteiger partial charge in [-0.2, -0.15) is 4.31 Å². The first-order valence-electron chi connectivity index (χ1n) is 6.30. The smallest absolute Gasteiger partial charge is 0.243 e. The Hall–Kier alpha value is -0.980. The second-order valence-corrected chi connectivity index (χ2v) is 6.38. The maximum atomic E-state index is 13.3. The van der Waals surface area contributed by atoms with Gasteiger partial charge in [0.2, 0.25) is 10.0 Å². The molecule has 1 aromatic rings. The summed E-state index contributed by atoms with van der Waals surface area (Å²) in [6, 6.07) is 3.73. The largest absolute Gasteiger partial charge is 0.395 e. The van der Waals surface area contributed by atoms with Gasteiger partial charge in [0.05, 0.1) is 11.5 Å². The lowest BCUT2D eigenvalue weighted by atomic mass is 10.2. The van der Waals surface area contributed by atoms with Crippen LogP contribution in [0.15, 0.2) is 23.1 Å². The summed E-state index contributed by atoms with van der Waals surface area (Å²) in [5.41, 5.74) is 0.554. The Kier molecular flexibility index (Phi) is 5.90. The number of benzene rings is 1. The molecule has 0 unspecified atom stereocenters. The molecule has 0 radical (unpaired) electrons. The van der Waals surface area contributed by atoms with E-state index in [9.17, 15) is 12.8 Å².